The minimum absolute atomic E-state index is 0.106. The first-order valence-corrected chi connectivity index (χ1v) is 7.96. The van der Waals surface area contributed by atoms with Crippen molar-refractivity contribution in [3.8, 4) is 0 Å². The van der Waals surface area contributed by atoms with Crippen LogP contribution in [0, 0.1) is 0 Å². The van der Waals surface area contributed by atoms with Gasteiger partial charge in [-0.15, -0.1) is 0 Å². The van der Waals surface area contributed by atoms with E-state index in [0.29, 0.717) is 12.8 Å². The van der Waals surface area contributed by atoms with E-state index in [-0.39, 0.29) is 5.91 Å². The van der Waals surface area contributed by atoms with E-state index in [1.807, 2.05) is 36.6 Å². The number of carbonyl (C=O) groups is 2. The first kappa shape index (κ1) is 16.6. The van der Waals surface area contributed by atoms with Crippen molar-refractivity contribution >= 4 is 23.6 Å². The summed E-state index contributed by atoms with van der Waals surface area (Å²) < 4.78 is 4.75. The van der Waals surface area contributed by atoms with Crippen LogP contribution in [0.1, 0.15) is 18.4 Å². The van der Waals surface area contributed by atoms with Gasteiger partial charge < -0.3 is 10.1 Å². The summed E-state index contributed by atoms with van der Waals surface area (Å²) in [7, 11) is 1.33. The molecule has 0 aliphatic rings. The molecule has 0 saturated heterocycles. The number of benzene rings is 1. The zero-order chi connectivity index (χ0) is 14.8. The highest BCUT2D eigenvalue weighted by atomic mass is 32.2. The summed E-state index contributed by atoms with van der Waals surface area (Å²) in [4.78, 5) is 23.6. The summed E-state index contributed by atoms with van der Waals surface area (Å²) in [5.41, 5.74) is 0.993. The summed E-state index contributed by atoms with van der Waals surface area (Å²) in [5, 5.41) is 2.75. The van der Waals surface area contributed by atoms with Crippen molar-refractivity contribution in [2.45, 2.75) is 25.3 Å². The van der Waals surface area contributed by atoms with Crippen LogP contribution in [0.5, 0.6) is 0 Å². The van der Waals surface area contributed by atoms with Crippen LogP contribution < -0.4 is 5.32 Å². The second-order valence-corrected chi connectivity index (χ2v) is 5.41. The fourth-order valence-electron chi connectivity index (χ4n) is 1.83. The number of esters is 1. The predicted molar refractivity (Wildman–Crippen MR) is 81.7 cm³/mol. The molecule has 1 amide bonds. The molecule has 20 heavy (non-hydrogen) atoms. The predicted octanol–water partition coefficient (Wildman–Crippen LogP) is 2.03. The average molecular weight is 295 g/mol. The number of hydrogen-bond donors (Lipinski definition) is 1. The van der Waals surface area contributed by atoms with Gasteiger partial charge in [0.05, 0.1) is 7.11 Å². The number of thioether (sulfide) groups is 1. The van der Waals surface area contributed by atoms with Crippen molar-refractivity contribution in [1.29, 1.82) is 0 Å². The third kappa shape index (κ3) is 6.10. The largest absolute Gasteiger partial charge is 0.467 e. The normalized spacial score (nSPS) is 11.7. The van der Waals surface area contributed by atoms with Crippen molar-refractivity contribution < 1.29 is 14.3 Å². The molecule has 0 fully saturated rings. The molecule has 1 atom stereocenters. The second-order valence-electron chi connectivity index (χ2n) is 4.43. The van der Waals surface area contributed by atoms with Crippen molar-refractivity contribution in [2.24, 2.45) is 0 Å². The Bertz CT molecular complexity index is 422. The molecule has 1 N–H and O–H groups in total. The maximum Gasteiger partial charge on any atom is 0.328 e. The third-order valence-electron chi connectivity index (χ3n) is 2.86. The zero-order valence-corrected chi connectivity index (χ0v) is 12.7. The van der Waals surface area contributed by atoms with E-state index >= 15 is 0 Å². The molecule has 0 spiro atoms. The van der Waals surface area contributed by atoms with Gasteiger partial charge in [0.25, 0.3) is 0 Å². The summed E-state index contributed by atoms with van der Waals surface area (Å²) in [6.07, 6.45) is 3.70. The minimum Gasteiger partial charge on any atom is -0.467 e. The number of methoxy groups -OCH3 is 1. The SMILES string of the molecule is COC(=O)C(Cc1ccccc1)NC(=O)CCCSC. The van der Waals surface area contributed by atoms with Gasteiger partial charge in [-0.05, 0) is 24.0 Å². The summed E-state index contributed by atoms with van der Waals surface area (Å²) in [6, 6.07) is 8.96. The van der Waals surface area contributed by atoms with Crippen molar-refractivity contribution in [1.82, 2.24) is 5.32 Å². The molecule has 1 aromatic rings. The number of carbonyl (C=O) groups excluding carboxylic acids is 2. The van der Waals surface area contributed by atoms with Gasteiger partial charge in [-0.1, -0.05) is 30.3 Å². The molecule has 0 aliphatic heterocycles. The smallest absolute Gasteiger partial charge is 0.328 e. The molecule has 0 radical (unpaired) electrons. The highest BCUT2D eigenvalue weighted by Crippen LogP contribution is 2.06. The third-order valence-corrected chi connectivity index (χ3v) is 3.55. The fraction of sp³-hybridized carbons (Fsp3) is 0.467. The van der Waals surface area contributed by atoms with Crippen LogP contribution in [0.3, 0.4) is 0 Å². The lowest BCUT2D eigenvalue weighted by atomic mass is 10.1. The molecular weight excluding hydrogens is 274 g/mol. The molecule has 1 rings (SSSR count). The van der Waals surface area contributed by atoms with Crippen molar-refractivity contribution in [2.75, 3.05) is 19.1 Å². The Kier molecular flexibility index (Phi) is 7.80. The highest BCUT2D eigenvalue weighted by Gasteiger charge is 2.21. The maximum atomic E-state index is 11.8. The maximum absolute atomic E-state index is 11.8. The Morgan fingerprint density at radius 3 is 2.60 bits per heavy atom. The second kappa shape index (κ2) is 9.42. The summed E-state index contributed by atoms with van der Waals surface area (Å²) >= 11 is 1.70. The van der Waals surface area contributed by atoms with Crippen LogP contribution in [-0.4, -0.2) is 37.0 Å². The van der Waals surface area contributed by atoms with E-state index < -0.39 is 12.0 Å². The van der Waals surface area contributed by atoms with Gasteiger partial charge in [0, 0.05) is 12.8 Å². The average Bonchev–Trinajstić information content (AvgIpc) is 2.47. The summed E-state index contributed by atoms with van der Waals surface area (Å²) in [6.45, 7) is 0. The lowest BCUT2D eigenvalue weighted by Gasteiger charge is -2.16. The van der Waals surface area contributed by atoms with E-state index in [1.165, 1.54) is 7.11 Å². The minimum atomic E-state index is -0.621. The van der Waals surface area contributed by atoms with Crippen LogP contribution in [0.4, 0.5) is 0 Å². The van der Waals surface area contributed by atoms with Crippen molar-refractivity contribution in [3.63, 3.8) is 0 Å². The van der Waals surface area contributed by atoms with E-state index in [0.717, 1.165) is 17.7 Å². The van der Waals surface area contributed by atoms with E-state index in [4.69, 9.17) is 4.74 Å². The van der Waals surface area contributed by atoms with Gasteiger partial charge in [-0.25, -0.2) is 4.79 Å². The molecule has 5 heteroatoms. The van der Waals surface area contributed by atoms with Crippen LogP contribution >= 0.6 is 11.8 Å². The zero-order valence-electron chi connectivity index (χ0n) is 11.9. The Hall–Kier alpha value is -1.49. The van der Waals surface area contributed by atoms with E-state index in [2.05, 4.69) is 5.32 Å². The molecule has 0 heterocycles. The number of rotatable bonds is 8. The first-order chi connectivity index (χ1) is 9.67. The van der Waals surface area contributed by atoms with Gasteiger partial charge in [0.15, 0.2) is 0 Å². The Labute approximate surface area is 124 Å². The van der Waals surface area contributed by atoms with Crippen LogP contribution in [0.25, 0.3) is 0 Å². The summed E-state index contributed by atoms with van der Waals surface area (Å²) in [5.74, 6) is 0.423. The topological polar surface area (TPSA) is 55.4 Å². The molecule has 1 aromatic carbocycles. The Balaban J connectivity index is 2.56. The number of hydrogen-bond acceptors (Lipinski definition) is 4. The Morgan fingerprint density at radius 2 is 2.00 bits per heavy atom. The molecule has 0 aliphatic carbocycles. The monoisotopic (exact) mass is 295 g/mol. The number of nitrogens with one attached hydrogen (secondary N) is 1. The fourth-order valence-corrected chi connectivity index (χ4v) is 2.26. The molecular formula is C15H21NO3S. The molecule has 1 unspecified atom stereocenters. The highest BCUT2D eigenvalue weighted by molar-refractivity contribution is 7.98. The molecule has 4 nitrogen and oxygen atoms in total. The number of ether oxygens (including phenoxy) is 1. The van der Waals surface area contributed by atoms with Gasteiger partial charge >= 0.3 is 5.97 Å². The molecule has 0 saturated carbocycles. The standard InChI is InChI=1S/C15H21NO3S/c1-19-15(18)13(11-12-7-4-3-5-8-12)16-14(17)9-6-10-20-2/h3-5,7-8,13H,6,9-11H2,1-2H3,(H,16,17). The Morgan fingerprint density at radius 1 is 1.30 bits per heavy atom. The van der Waals surface area contributed by atoms with Gasteiger partial charge in [-0.2, -0.15) is 11.8 Å². The molecule has 110 valence electrons. The van der Waals surface area contributed by atoms with Gasteiger partial charge in [-0.3, -0.25) is 4.79 Å². The van der Waals surface area contributed by atoms with Gasteiger partial charge in [0.1, 0.15) is 6.04 Å². The van der Waals surface area contributed by atoms with Gasteiger partial charge in [0.2, 0.25) is 5.91 Å². The molecule has 0 aromatic heterocycles. The van der Waals surface area contributed by atoms with Crippen LogP contribution in [-0.2, 0) is 20.7 Å². The first-order valence-electron chi connectivity index (χ1n) is 6.57. The van der Waals surface area contributed by atoms with Crippen molar-refractivity contribution in [3.05, 3.63) is 35.9 Å². The number of amides is 1. The van der Waals surface area contributed by atoms with Crippen LogP contribution in [0.15, 0.2) is 30.3 Å². The molecule has 0 bridgehead atoms. The quantitative estimate of drug-likeness (QED) is 0.589. The van der Waals surface area contributed by atoms with Crippen LogP contribution in [0.2, 0.25) is 0 Å². The lowest BCUT2D eigenvalue weighted by molar-refractivity contribution is -0.145. The van der Waals surface area contributed by atoms with E-state index in [9.17, 15) is 9.59 Å². The van der Waals surface area contributed by atoms with E-state index in [1.54, 1.807) is 11.8 Å². The lowest BCUT2D eigenvalue weighted by Crippen LogP contribution is -2.43.